The van der Waals surface area contributed by atoms with E-state index in [1.165, 1.54) is 22.9 Å². The predicted molar refractivity (Wildman–Crippen MR) is 145 cm³/mol. The lowest BCUT2D eigenvalue weighted by molar-refractivity contribution is -0.0556. The average Bonchev–Trinajstić information content (AvgIpc) is 2.89. The summed E-state index contributed by atoms with van der Waals surface area (Å²) in [5.41, 5.74) is 0.944. The minimum atomic E-state index is -3.36. The Kier molecular flexibility index (Phi) is 8.02. The van der Waals surface area contributed by atoms with Crippen LogP contribution in [0, 0.1) is 0 Å². The van der Waals surface area contributed by atoms with Crippen molar-refractivity contribution in [1.82, 2.24) is 14.7 Å². The molecule has 1 aromatic heterocycles. The minimum absolute atomic E-state index is 0.261. The highest BCUT2D eigenvalue weighted by molar-refractivity contribution is 6.32. The molecule has 2 aromatic carbocycles. The van der Waals surface area contributed by atoms with Crippen LogP contribution in [0.1, 0.15) is 55.3 Å². The summed E-state index contributed by atoms with van der Waals surface area (Å²) in [7, 11) is 1.56. The van der Waals surface area contributed by atoms with Gasteiger partial charge in [0.15, 0.2) is 5.82 Å². The zero-order valence-electron chi connectivity index (χ0n) is 21.3. The Bertz CT molecular complexity index is 1350. The van der Waals surface area contributed by atoms with Crippen LogP contribution in [0.3, 0.4) is 0 Å². The second kappa shape index (κ2) is 10.9. The maximum absolute atomic E-state index is 14.1. The molecule has 0 saturated carbocycles. The Morgan fingerprint density at radius 3 is 2.57 bits per heavy atom. The van der Waals surface area contributed by atoms with Gasteiger partial charge in [-0.1, -0.05) is 35.9 Å². The van der Waals surface area contributed by atoms with E-state index in [9.17, 15) is 13.6 Å². The van der Waals surface area contributed by atoms with Crippen molar-refractivity contribution in [1.29, 1.82) is 0 Å². The molecule has 0 bridgehead atoms. The molecule has 0 spiro atoms. The average molecular weight is 531 g/mol. The van der Waals surface area contributed by atoms with Gasteiger partial charge in [0.2, 0.25) is 0 Å². The van der Waals surface area contributed by atoms with Crippen LogP contribution in [0.2, 0.25) is 5.02 Å². The van der Waals surface area contributed by atoms with Crippen LogP contribution in [0.15, 0.2) is 53.8 Å². The number of aliphatic hydroxyl groups is 1. The highest BCUT2D eigenvalue weighted by Gasteiger charge is 2.31. The monoisotopic (exact) mass is 530 g/mol. The van der Waals surface area contributed by atoms with Gasteiger partial charge in [0, 0.05) is 29.1 Å². The van der Waals surface area contributed by atoms with Crippen LogP contribution < -0.4 is 10.9 Å². The Labute approximate surface area is 220 Å². The normalized spacial score (nSPS) is 16.3. The Morgan fingerprint density at radius 1 is 1.24 bits per heavy atom. The van der Waals surface area contributed by atoms with Gasteiger partial charge in [-0.25, -0.2) is 4.68 Å². The highest BCUT2D eigenvalue weighted by Crippen LogP contribution is 2.37. The van der Waals surface area contributed by atoms with Gasteiger partial charge in [0.05, 0.1) is 11.4 Å². The summed E-state index contributed by atoms with van der Waals surface area (Å²) in [4.78, 5) is 15.4. The first kappa shape index (κ1) is 27.2. The quantitative estimate of drug-likeness (QED) is 0.371. The van der Waals surface area contributed by atoms with Gasteiger partial charge in [-0.2, -0.15) is 13.9 Å². The third-order valence-corrected chi connectivity index (χ3v) is 7.59. The van der Waals surface area contributed by atoms with Gasteiger partial charge in [-0.05, 0) is 75.0 Å². The number of aryl methyl sites for hydroxylation is 1. The molecule has 3 aromatic rings. The highest BCUT2D eigenvalue weighted by atomic mass is 35.5. The molecule has 2 heterocycles. The molecule has 0 unspecified atom stereocenters. The second-order valence-corrected chi connectivity index (χ2v) is 10.4. The molecule has 1 saturated heterocycles. The maximum Gasteiger partial charge on any atom is 0.295 e. The first-order valence-electron chi connectivity index (χ1n) is 12.5. The van der Waals surface area contributed by atoms with E-state index in [-0.39, 0.29) is 17.0 Å². The molecule has 1 atom stereocenters. The lowest BCUT2D eigenvalue weighted by Gasteiger charge is -2.35. The Balaban J connectivity index is 1.74. The summed E-state index contributed by atoms with van der Waals surface area (Å²) >= 11 is 6.70. The van der Waals surface area contributed by atoms with Crippen LogP contribution in [-0.2, 0) is 13.0 Å². The number of aliphatic hydroxyl groups excluding tert-OH is 1. The lowest BCUT2D eigenvalue weighted by Crippen LogP contribution is -2.37. The summed E-state index contributed by atoms with van der Waals surface area (Å²) in [6.45, 7) is 8.93. The summed E-state index contributed by atoms with van der Waals surface area (Å²) in [5, 5.41) is 18.4. The molecule has 0 aliphatic carbocycles. The zero-order valence-corrected chi connectivity index (χ0v) is 22.1. The molecule has 1 aliphatic heterocycles. The lowest BCUT2D eigenvalue weighted by atomic mass is 9.88. The summed E-state index contributed by atoms with van der Waals surface area (Å²) in [5.74, 6) is -2.67. The molecule has 6 nitrogen and oxygen atoms in total. The molecule has 0 amide bonds. The largest absolute Gasteiger partial charge is 0.390 e. The van der Waals surface area contributed by atoms with Gasteiger partial charge in [-0.3, -0.25) is 4.79 Å². The topological polar surface area (TPSA) is 70.4 Å². The van der Waals surface area contributed by atoms with Crippen molar-refractivity contribution in [3.63, 3.8) is 0 Å². The maximum atomic E-state index is 14.1. The van der Waals surface area contributed by atoms with E-state index in [1.54, 1.807) is 25.3 Å². The number of alkyl halides is 2. The van der Waals surface area contributed by atoms with Crippen LogP contribution in [0.4, 0.5) is 14.6 Å². The third kappa shape index (κ3) is 5.56. The van der Waals surface area contributed by atoms with Crippen molar-refractivity contribution in [2.75, 3.05) is 25.0 Å². The van der Waals surface area contributed by atoms with Crippen molar-refractivity contribution in [3.8, 4) is 0 Å². The molecule has 37 heavy (non-hydrogen) atoms. The fourth-order valence-electron chi connectivity index (χ4n) is 5.01. The minimum Gasteiger partial charge on any atom is -0.390 e. The van der Waals surface area contributed by atoms with Crippen molar-refractivity contribution in [2.24, 2.45) is 7.05 Å². The number of hydrogen-bond donors (Lipinski definition) is 2. The SMILES string of the molecule is C=C[C@@H](Nc1nn(C)c(=O)c2cc(Cl)c(C3CCN(C(C)C)CC3)cc12)c1cccc(C(F)(F)CO)c1. The van der Waals surface area contributed by atoms with E-state index < -0.39 is 18.6 Å². The Hall–Kier alpha value is -2.81. The number of aromatic nitrogens is 2. The molecule has 1 fully saturated rings. The van der Waals surface area contributed by atoms with Crippen molar-refractivity contribution in [2.45, 2.75) is 50.6 Å². The van der Waals surface area contributed by atoms with E-state index in [0.29, 0.717) is 33.2 Å². The number of nitrogens with zero attached hydrogens (tertiary/aromatic N) is 3. The molecule has 9 heteroatoms. The first-order valence-corrected chi connectivity index (χ1v) is 12.9. The number of likely N-dealkylation sites (tertiary alicyclic amines) is 1. The van der Waals surface area contributed by atoms with E-state index in [2.05, 4.69) is 35.7 Å². The van der Waals surface area contributed by atoms with Crippen molar-refractivity contribution < 1.29 is 13.9 Å². The van der Waals surface area contributed by atoms with Gasteiger partial charge < -0.3 is 15.3 Å². The molecule has 2 N–H and O–H groups in total. The fourth-order valence-corrected chi connectivity index (χ4v) is 5.33. The summed E-state index contributed by atoms with van der Waals surface area (Å²) < 4.78 is 29.5. The standard InChI is InChI=1S/C28H33ClF2N4O2/c1-5-25(19-7-6-8-20(13-19)28(30,31)16-36)32-26-22-14-21(18-9-11-35(12-10-18)17(2)3)24(29)15-23(22)27(37)34(4)33-26/h5-8,13-15,17-18,25,36H,1,9-12,16H2,2-4H3,(H,32,33)/t25-/m1/s1. The zero-order chi connectivity index (χ0) is 26.9. The number of nitrogens with one attached hydrogen (secondary N) is 1. The number of rotatable bonds is 8. The Morgan fingerprint density at radius 2 is 1.95 bits per heavy atom. The molecule has 0 radical (unpaired) electrons. The number of fused-ring (bicyclic) bond motifs is 1. The number of anilines is 1. The number of hydrogen-bond acceptors (Lipinski definition) is 5. The van der Waals surface area contributed by atoms with Gasteiger partial charge in [0.25, 0.3) is 11.5 Å². The predicted octanol–water partition coefficient (Wildman–Crippen LogP) is 5.60. The third-order valence-electron chi connectivity index (χ3n) is 7.26. The molecule has 198 valence electrons. The summed E-state index contributed by atoms with van der Waals surface area (Å²) in [6.07, 6.45) is 3.52. The number of benzene rings is 2. The summed E-state index contributed by atoms with van der Waals surface area (Å²) in [6, 6.07) is 9.40. The van der Waals surface area contributed by atoms with Gasteiger partial charge in [-0.15, -0.1) is 6.58 Å². The van der Waals surface area contributed by atoms with Crippen LogP contribution in [-0.4, -0.2) is 45.5 Å². The fraction of sp³-hybridized carbons (Fsp3) is 0.429. The smallest absolute Gasteiger partial charge is 0.295 e. The van der Waals surface area contributed by atoms with Crippen molar-refractivity contribution in [3.05, 3.63) is 81.1 Å². The van der Waals surface area contributed by atoms with E-state index >= 15 is 0 Å². The van der Waals surface area contributed by atoms with E-state index in [1.807, 2.05) is 6.07 Å². The molecule has 1 aliphatic rings. The second-order valence-electron chi connectivity index (χ2n) is 9.95. The van der Waals surface area contributed by atoms with Crippen molar-refractivity contribution >= 4 is 28.2 Å². The van der Waals surface area contributed by atoms with Gasteiger partial charge in [0.1, 0.15) is 6.61 Å². The van der Waals surface area contributed by atoms with Gasteiger partial charge >= 0.3 is 0 Å². The number of halogens is 3. The van der Waals surface area contributed by atoms with E-state index in [4.69, 9.17) is 16.7 Å². The molecular formula is C28H33ClF2N4O2. The molecule has 4 rings (SSSR count). The molecular weight excluding hydrogens is 498 g/mol. The van der Waals surface area contributed by atoms with Crippen LogP contribution in [0.5, 0.6) is 0 Å². The van der Waals surface area contributed by atoms with Crippen LogP contribution >= 0.6 is 11.6 Å². The van der Waals surface area contributed by atoms with E-state index in [0.717, 1.165) is 31.5 Å². The number of piperidine rings is 1. The first-order chi connectivity index (χ1) is 17.6. The van der Waals surface area contributed by atoms with Crippen LogP contribution in [0.25, 0.3) is 10.8 Å².